The quantitative estimate of drug-likeness (QED) is 0.613. The van der Waals surface area contributed by atoms with Crippen LogP contribution < -0.4 is 5.32 Å². The fraction of sp³-hybridized carbons (Fsp3) is 0.800. The Bertz CT molecular complexity index is 245. The first-order chi connectivity index (χ1) is 7.40. The van der Waals surface area contributed by atoms with E-state index in [4.69, 9.17) is 10.2 Å². The van der Waals surface area contributed by atoms with Gasteiger partial charge in [0.1, 0.15) is 0 Å². The van der Waals surface area contributed by atoms with E-state index in [1.165, 1.54) is 4.90 Å². The number of aliphatic hydroxyl groups excluding tert-OH is 1. The summed E-state index contributed by atoms with van der Waals surface area (Å²) in [6, 6.07) is -0.284. The van der Waals surface area contributed by atoms with E-state index in [2.05, 4.69) is 5.32 Å². The second-order valence-corrected chi connectivity index (χ2v) is 3.79. The van der Waals surface area contributed by atoms with Gasteiger partial charge in [-0.2, -0.15) is 0 Å². The molecular weight excluding hydrogens is 212 g/mol. The van der Waals surface area contributed by atoms with Crippen molar-refractivity contribution in [1.82, 2.24) is 10.2 Å². The Morgan fingerprint density at radius 3 is 2.44 bits per heavy atom. The third-order valence-corrected chi connectivity index (χ3v) is 2.42. The van der Waals surface area contributed by atoms with Gasteiger partial charge >= 0.3 is 12.0 Å². The van der Waals surface area contributed by atoms with Crippen molar-refractivity contribution < 1.29 is 19.8 Å². The van der Waals surface area contributed by atoms with Gasteiger partial charge in [-0.1, -0.05) is 13.3 Å². The number of rotatable bonds is 6. The molecule has 0 saturated heterocycles. The summed E-state index contributed by atoms with van der Waals surface area (Å²) in [5, 5.41) is 19.7. The monoisotopic (exact) mass is 232 g/mol. The molecule has 0 aromatic carbocycles. The van der Waals surface area contributed by atoms with Crippen molar-refractivity contribution in [1.29, 1.82) is 0 Å². The molecule has 0 fully saturated rings. The van der Waals surface area contributed by atoms with Gasteiger partial charge in [0.15, 0.2) is 6.10 Å². The van der Waals surface area contributed by atoms with E-state index in [-0.39, 0.29) is 18.6 Å². The van der Waals surface area contributed by atoms with E-state index < -0.39 is 12.1 Å². The molecule has 3 N–H and O–H groups in total. The SMILES string of the molecule is CCCC(C)N(C)C(=O)NCC(O)C(=O)O. The molecule has 0 rings (SSSR count). The molecule has 0 aromatic rings. The lowest BCUT2D eigenvalue weighted by Gasteiger charge is -2.25. The number of urea groups is 1. The predicted molar refractivity (Wildman–Crippen MR) is 59.2 cm³/mol. The number of carboxylic acid groups (broad SMARTS) is 1. The molecule has 0 saturated carbocycles. The fourth-order valence-electron chi connectivity index (χ4n) is 1.21. The van der Waals surface area contributed by atoms with Crippen molar-refractivity contribution in [3.8, 4) is 0 Å². The standard InChI is InChI=1S/C10H20N2O4/c1-4-5-7(2)12(3)10(16)11-6-8(13)9(14)15/h7-8,13H,4-6H2,1-3H3,(H,11,16)(H,14,15). The number of aliphatic carboxylic acids is 1. The maximum absolute atomic E-state index is 11.5. The zero-order valence-electron chi connectivity index (χ0n) is 9.93. The minimum absolute atomic E-state index is 0.0898. The number of hydrogen-bond acceptors (Lipinski definition) is 3. The molecule has 0 heterocycles. The lowest BCUT2D eigenvalue weighted by Crippen LogP contribution is -2.46. The fourth-order valence-corrected chi connectivity index (χ4v) is 1.21. The molecule has 0 spiro atoms. The number of hydrogen-bond donors (Lipinski definition) is 3. The van der Waals surface area contributed by atoms with Crippen LogP contribution in [0.15, 0.2) is 0 Å². The number of nitrogens with one attached hydrogen (secondary N) is 1. The normalized spacial score (nSPS) is 14.0. The maximum atomic E-state index is 11.5. The molecule has 2 atom stereocenters. The van der Waals surface area contributed by atoms with E-state index in [1.54, 1.807) is 7.05 Å². The lowest BCUT2D eigenvalue weighted by atomic mass is 10.2. The Morgan fingerprint density at radius 1 is 1.44 bits per heavy atom. The van der Waals surface area contributed by atoms with E-state index in [0.717, 1.165) is 12.8 Å². The molecule has 94 valence electrons. The van der Waals surface area contributed by atoms with Crippen molar-refractivity contribution in [2.45, 2.75) is 38.8 Å². The Hall–Kier alpha value is -1.30. The topological polar surface area (TPSA) is 89.9 Å². The summed E-state index contributed by atoms with van der Waals surface area (Å²) in [6.07, 6.45) is 0.293. The van der Waals surface area contributed by atoms with Gasteiger partial charge in [0.05, 0.1) is 6.54 Å². The number of nitrogens with zero attached hydrogens (tertiary/aromatic N) is 1. The molecule has 0 radical (unpaired) electrons. The van der Waals surface area contributed by atoms with E-state index >= 15 is 0 Å². The Balaban J connectivity index is 4.01. The molecule has 0 aromatic heterocycles. The summed E-state index contributed by atoms with van der Waals surface area (Å²) in [6.45, 7) is 3.66. The van der Waals surface area contributed by atoms with Crippen molar-refractivity contribution in [2.24, 2.45) is 0 Å². The van der Waals surface area contributed by atoms with E-state index in [1.807, 2.05) is 13.8 Å². The second kappa shape index (κ2) is 7.05. The van der Waals surface area contributed by atoms with Crippen molar-refractivity contribution in [2.75, 3.05) is 13.6 Å². The summed E-state index contributed by atoms with van der Waals surface area (Å²) in [5.41, 5.74) is 0. The van der Waals surface area contributed by atoms with Gasteiger partial charge in [0, 0.05) is 13.1 Å². The van der Waals surface area contributed by atoms with Crippen LogP contribution in [0.25, 0.3) is 0 Å². The number of carbonyl (C=O) groups excluding carboxylic acids is 1. The van der Waals surface area contributed by atoms with Gasteiger partial charge in [-0.05, 0) is 13.3 Å². The Labute approximate surface area is 95.2 Å². The summed E-state index contributed by atoms with van der Waals surface area (Å²) >= 11 is 0. The van der Waals surface area contributed by atoms with Gasteiger partial charge in [-0.3, -0.25) is 0 Å². The first kappa shape index (κ1) is 14.7. The number of carbonyl (C=O) groups is 2. The highest BCUT2D eigenvalue weighted by molar-refractivity contribution is 5.76. The van der Waals surface area contributed by atoms with Crippen LogP contribution in [-0.2, 0) is 4.79 Å². The molecule has 6 heteroatoms. The van der Waals surface area contributed by atoms with Crippen molar-refractivity contribution in [3.05, 3.63) is 0 Å². The molecular formula is C10H20N2O4. The summed E-state index contributed by atoms with van der Waals surface area (Å²) < 4.78 is 0. The van der Waals surface area contributed by atoms with Crippen LogP contribution in [-0.4, -0.2) is 52.9 Å². The highest BCUT2D eigenvalue weighted by atomic mass is 16.4. The predicted octanol–water partition coefficient (Wildman–Crippen LogP) is 0.262. The summed E-state index contributed by atoms with van der Waals surface area (Å²) in [4.78, 5) is 23.3. The number of aliphatic hydroxyl groups is 1. The van der Waals surface area contributed by atoms with Gasteiger partial charge in [0.2, 0.25) is 0 Å². The zero-order valence-corrected chi connectivity index (χ0v) is 9.93. The largest absolute Gasteiger partial charge is 0.479 e. The van der Waals surface area contributed by atoms with Gasteiger partial charge in [-0.15, -0.1) is 0 Å². The average molecular weight is 232 g/mol. The Morgan fingerprint density at radius 2 is 2.00 bits per heavy atom. The third-order valence-electron chi connectivity index (χ3n) is 2.42. The van der Waals surface area contributed by atoms with Gasteiger partial charge in [0.25, 0.3) is 0 Å². The zero-order chi connectivity index (χ0) is 12.7. The summed E-state index contributed by atoms with van der Waals surface area (Å²) in [5.74, 6) is -1.34. The number of carboxylic acids is 1. The van der Waals surface area contributed by atoms with E-state index in [0.29, 0.717) is 0 Å². The highest BCUT2D eigenvalue weighted by Crippen LogP contribution is 2.03. The number of amides is 2. The maximum Gasteiger partial charge on any atom is 0.334 e. The van der Waals surface area contributed by atoms with Crippen LogP contribution in [0.3, 0.4) is 0 Å². The van der Waals surface area contributed by atoms with Gasteiger partial charge in [-0.25, -0.2) is 9.59 Å². The minimum atomic E-state index is -1.56. The van der Waals surface area contributed by atoms with Crippen LogP contribution in [0.4, 0.5) is 4.79 Å². The molecule has 16 heavy (non-hydrogen) atoms. The lowest BCUT2D eigenvalue weighted by molar-refractivity contribution is -0.146. The Kier molecular flexibility index (Phi) is 6.48. The van der Waals surface area contributed by atoms with Gasteiger partial charge < -0.3 is 20.4 Å². The molecule has 6 nitrogen and oxygen atoms in total. The molecule has 0 aliphatic heterocycles. The molecule has 0 aliphatic rings. The smallest absolute Gasteiger partial charge is 0.334 e. The van der Waals surface area contributed by atoms with Crippen LogP contribution in [0.1, 0.15) is 26.7 Å². The van der Waals surface area contributed by atoms with Crippen LogP contribution in [0.5, 0.6) is 0 Å². The highest BCUT2D eigenvalue weighted by Gasteiger charge is 2.18. The third kappa shape index (κ3) is 4.97. The molecule has 2 unspecified atom stereocenters. The van der Waals surface area contributed by atoms with Crippen LogP contribution >= 0.6 is 0 Å². The molecule has 0 bridgehead atoms. The summed E-state index contributed by atoms with van der Waals surface area (Å²) in [7, 11) is 1.64. The molecule has 0 aliphatic carbocycles. The second-order valence-electron chi connectivity index (χ2n) is 3.79. The van der Waals surface area contributed by atoms with Crippen LogP contribution in [0.2, 0.25) is 0 Å². The average Bonchev–Trinajstić information content (AvgIpc) is 2.24. The first-order valence-electron chi connectivity index (χ1n) is 5.31. The van der Waals surface area contributed by atoms with Crippen LogP contribution in [0, 0.1) is 0 Å². The van der Waals surface area contributed by atoms with E-state index in [9.17, 15) is 9.59 Å². The minimum Gasteiger partial charge on any atom is -0.479 e. The first-order valence-corrected chi connectivity index (χ1v) is 5.31. The molecule has 2 amide bonds. The van der Waals surface area contributed by atoms with Crippen molar-refractivity contribution in [3.63, 3.8) is 0 Å². The van der Waals surface area contributed by atoms with Crippen molar-refractivity contribution >= 4 is 12.0 Å².